The highest BCUT2D eigenvalue weighted by molar-refractivity contribution is 5.92. The van der Waals surface area contributed by atoms with Gasteiger partial charge in [0.15, 0.2) is 0 Å². The number of nitrogens with one attached hydrogen (secondary N) is 1. The summed E-state index contributed by atoms with van der Waals surface area (Å²) in [5, 5.41) is 2.97. The Morgan fingerprint density at radius 2 is 2.00 bits per heavy atom. The maximum Gasteiger partial charge on any atom is 0.269 e. The Morgan fingerprint density at radius 3 is 2.73 bits per heavy atom. The zero-order valence-corrected chi connectivity index (χ0v) is 15.2. The molecule has 5 nitrogen and oxygen atoms in total. The number of nitrogens with zero attached hydrogens (tertiary/aromatic N) is 1. The molecule has 0 atom stereocenters. The van der Waals surface area contributed by atoms with Crippen LogP contribution in [0.5, 0.6) is 0 Å². The molecule has 1 saturated heterocycles. The molecule has 5 heteroatoms. The third-order valence-electron chi connectivity index (χ3n) is 4.74. The molecule has 0 bridgehead atoms. The summed E-state index contributed by atoms with van der Waals surface area (Å²) < 4.78 is 11.1. The van der Waals surface area contributed by atoms with Crippen molar-refractivity contribution in [3.8, 4) is 0 Å². The van der Waals surface area contributed by atoms with Gasteiger partial charge < -0.3 is 14.8 Å². The van der Waals surface area contributed by atoms with Crippen molar-refractivity contribution in [1.82, 2.24) is 10.3 Å². The first-order valence-electron chi connectivity index (χ1n) is 9.15. The molecule has 138 valence electrons. The predicted octanol–water partition coefficient (Wildman–Crippen LogP) is 3.26. The summed E-state index contributed by atoms with van der Waals surface area (Å²) in [5.41, 5.74) is 3.81. The molecule has 0 aliphatic carbocycles. The molecule has 1 amide bonds. The van der Waals surface area contributed by atoms with Gasteiger partial charge in [0.2, 0.25) is 0 Å². The molecule has 0 radical (unpaired) electrons. The lowest BCUT2D eigenvalue weighted by molar-refractivity contribution is 0.0642. The Kier molecular flexibility index (Phi) is 6.75. The van der Waals surface area contributed by atoms with Crippen LogP contribution in [-0.4, -0.2) is 30.6 Å². The zero-order valence-electron chi connectivity index (χ0n) is 15.2. The second kappa shape index (κ2) is 9.46. The minimum Gasteiger partial charge on any atom is -0.381 e. The number of hydrogen-bond acceptors (Lipinski definition) is 4. The molecule has 2 aromatic rings. The molecular weight excluding hydrogens is 328 g/mol. The fourth-order valence-electron chi connectivity index (χ4n) is 2.97. The van der Waals surface area contributed by atoms with Crippen molar-refractivity contribution < 1.29 is 14.3 Å². The van der Waals surface area contributed by atoms with Crippen LogP contribution in [0.1, 0.15) is 40.0 Å². The number of aromatic nitrogens is 1. The van der Waals surface area contributed by atoms with Crippen molar-refractivity contribution in [2.75, 3.05) is 19.8 Å². The molecule has 1 aliphatic heterocycles. The highest BCUT2D eigenvalue weighted by atomic mass is 16.5. The van der Waals surface area contributed by atoms with Gasteiger partial charge >= 0.3 is 0 Å². The highest BCUT2D eigenvalue weighted by Crippen LogP contribution is 2.14. The van der Waals surface area contributed by atoms with E-state index >= 15 is 0 Å². The van der Waals surface area contributed by atoms with Gasteiger partial charge in [-0.1, -0.05) is 30.3 Å². The van der Waals surface area contributed by atoms with Gasteiger partial charge in [-0.15, -0.1) is 0 Å². The Morgan fingerprint density at radius 1 is 1.19 bits per heavy atom. The maximum atomic E-state index is 12.2. The van der Waals surface area contributed by atoms with Crippen LogP contribution in [0.3, 0.4) is 0 Å². The Hall–Kier alpha value is -2.24. The van der Waals surface area contributed by atoms with Crippen LogP contribution in [0, 0.1) is 12.8 Å². The minimum absolute atomic E-state index is 0.121. The van der Waals surface area contributed by atoms with Crippen LogP contribution in [0.15, 0.2) is 42.6 Å². The van der Waals surface area contributed by atoms with E-state index in [-0.39, 0.29) is 5.91 Å². The summed E-state index contributed by atoms with van der Waals surface area (Å²) >= 11 is 0. The van der Waals surface area contributed by atoms with Gasteiger partial charge in [-0.25, -0.2) is 0 Å². The number of amides is 1. The second-order valence-electron chi connectivity index (χ2n) is 6.74. The normalized spacial score (nSPS) is 15.0. The third kappa shape index (κ3) is 5.38. The first kappa shape index (κ1) is 18.5. The third-order valence-corrected chi connectivity index (χ3v) is 4.74. The Bertz CT molecular complexity index is 709. The lowest BCUT2D eigenvalue weighted by Crippen LogP contribution is -2.32. The quantitative estimate of drug-likeness (QED) is 0.829. The van der Waals surface area contributed by atoms with Crippen LogP contribution >= 0.6 is 0 Å². The number of carbonyl (C=O) groups excluding carboxylic acids is 1. The van der Waals surface area contributed by atoms with Gasteiger partial charge in [-0.3, -0.25) is 9.78 Å². The van der Waals surface area contributed by atoms with Crippen LogP contribution in [-0.2, 0) is 22.7 Å². The van der Waals surface area contributed by atoms with E-state index in [4.69, 9.17) is 9.47 Å². The van der Waals surface area contributed by atoms with E-state index in [9.17, 15) is 4.79 Å². The molecular formula is C21H26N2O3. The smallest absolute Gasteiger partial charge is 0.269 e. The van der Waals surface area contributed by atoms with Gasteiger partial charge in [0.1, 0.15) is 5.69 Å². The number of ether oxygens (including phenoxy) is 2. The Labute approximate surface area is 154 Å². The summed E-state index contributed by atoms with van der Waals surface area (Å²) in [7, 11) is 0. The molecule has 0 saturated carbocycles. The van der Waals surface area contributed by atoms with Crippen LogP contribution in [0.4, 0.5) is 0 Å². The Balaban J connectivity index is 1.43. The van der Waals surface area contributed by atoms with Crippen LogP contribution in [0.2, 0.25) is 0 Å². The molecule has 26 heavy (non-hydrogen) atoms. The highest BCUT2D eigenvalue weighted by Gasteiger charge is 2.15. The van der Waals surface area contributed by atoms with E-state index in [1.54, 1.807) is 12.3 Å². The molecule has 1 aliphatic rings. The molecule has 1 N–H and O–H groups in total. The van der Waals surface area contributed by atoms with Crippen molar-refractivity contribution in [3.05, 3.63) is 65.0 Å². The number of benzene rings is 1. The first-order valence-corrected chi connectivity index (χ1v) is 9.15. The van der Waals surface area contributed by atoms with Crippen molar-refractivity contribution in [2.45, 2.75) is 33.0 Å². The largest absolute Gasteiger partial charge is 0.381 e. The number of carbonyl (C=O) groups is 1. The number of rotatable bonds is 7. The van der Waals surface area contributed by atoms with E-state index in [2.05, 4.69) is 29.4 Å². The van der Waals surface area contributed by atoms with Crippen molar-refractivity contribution in [1.29, 1.82) is 0 Å². The molecule has 0 unspecified atom stereocenters. The van der Waals surface area contributed by atoms with Crippen LogP contribution in [0.25, 0.3) is 0 Å². The van der Waals surface area contributed by atoms with E-state index in [0.717, 1.165) is 31.6 Å². The van der Waals surface area contributed by atoms with Crippen molar-refractivity contribution >= 4 is 5.91 Å². The van der Waals surface area contributed by atoms with Crippen molar-refractivity contribution in [3.63, 3.8) is 0 Å². The molecule has 3 rings (SSSR count). The van der Waals surface area contributed by atoms with Crippen LogP contribution < -0.4 is 5.32 Å². The summed E-state index contributed by atoms with van der Waals surface area (Å²) in [6.45, 7) is 5.39. The maximum absolute atomic E-state index is 12.2. The van der Waals surface area contributed by atoms with Gasteiger partial charge in [0.25, 0.3) is 5.91 Å². The van der Waals surface area contributed by atoms with Crippen molar-refractivity contribution in [2.24, 2.45) is 5.92 Å². The summed E-state index contributed by atoms with van der Waals surface area (Å²) in [5.74, 6) is 0.380. The van der Waals surface area contributed by atoms with Gasteiger partial charge in [0.05, 0.1) is 13.2 Å². The van der Waals surface area contributed by atoms with E-state index in [0.29, 0.717) is 31.4 Å². The summed E-state index contributed by atoms with van der Waals surface area (Å²) in [6, 6.07) is 11.8. The van der Waals surface area contributed by atoms with E-state index in [1.165, 1.54) is 11.1 Å². The average Bonchev–Trinajstić information content (AvgIpc) is 2.69. The number of aryl methyl sites for hydroxylation is 1. The lowest BCUT2D eigenvalue weighted by atomic mass is 10.0. The summed E-state index contributed by atoms with van der Waals surface area (Å²) in [6.07, 6.45) is 3.72. The molecule has 2 heterocycles. The zero-order chi connectivity index (χ0) is 18.2. The van der Waals surface area contributed by atoms with Gasteiger partial charge in [0, 0.05) is 26.0 Å². The van der Waals surface area contributed by atoms with E-state index in [1.807, 2.05) is 18.2 Å². The summed E-state index contributed by atoms with van der Waals surface area (Å²) in [4.78, 5) is 16.5. The molecule has 1 fully saturated rings. The molecule has 0 spiro atoms. The molecule has 1 aromatic heterocycles. The first-order chi connectivity index (χ1) is 12.7. The monoisotopic (exact) mass is 354 g/mol. The molecule has 1 aromatic carbocycles. The number of hydrogen-bond donors (Lipinski definition) is 1. The fraction of sp³-hybridized carbons (Fsp3) is 0.429. The standard InChI is InChI=1S/C21H26N2O3/c1-16-4-2-3-5-19(16)15-26-14-18-6-7-20(22-13-18)21(24)23-12-17-8-10-25-11-9-17/h2-7,13,17H,8-12,14-15H2,1H3,(H,23,24). The average molecular weight is 354 g/mol. The SMILES string of the molecule is Cc1ccccc1COCc1ccc(C(=O)NCC2CCOCC2)nc1. The van der Waals surface area contributed by atoms with E-state index < -0.39 is 0 Å². The number of pyridine rings is 1. The van der Waals surface area contributed by atoms with Gasteiger partial charge in [-0.05, 0) is 48.4 Å². The topological polar surface area (TPSA) is 60.5 Å². The minimum atomic E-state index is -0.121. The fourth-order valence-corrected chi connectivity index (χ4v) is 2.97. The second-order valence-corrected chi connectivity index (χ2v) is 6.74. The predicted molar refractivity (Wildman–Crippen MR) is 99.8 cm³/mol. The lowest BCUT2D eigenvalue weighted by Gasteiger charge is -2.22. The van der Waals surface area contributed by atoms with Gasteiger partial charge in [-0.2, -0.15) is 0 Å².